The zero-order valence-corrected chi connectivity index (χ0v) is 33.0. The molecule has 0 aliphatic rings. The predicted octanol–water partition coefficient (Wildman–Crippen LogP) is 12.9. The first-order chi connectivity index (χ1) is 24.9. The van der Waals surface area contributed by atoms with Crippen LogP contribution < -0.4 is 17.2 Å². The van der Waals surface area contributed by atoms with Gasteiger partial charge in [0.2, 0.25) is 0 Å². The van der Waals surface area contributed by atoms with Gasteiger partial charge in [-0.1, -0.05) is 218 Å². The van der Waals surface area contributed by atoms with Gasteiger partial charge in [-0.2, -0.15) is 0 Å². The van der Waals surface area contributed by atoms with Crippen LogP contribution in [0.4, 0.5) is 0 Å². The van der Waals surface area contributed by atoms with E-state index in [1.54, 1.807) is 11.8 Å². The summed E-state index contributed by atoms with van der Waals surface area (Å²) in [5.74, 6) is 0. The van der Waals surface area contributed by atoms with Crippen molar-refractivity contribution in [2.45, 2.75) is 65.2 Å². The summed E-state index contributed by atoms with van der Waals surface area (Å²) in [5, 5.41) is 0. The molecular weight excluding hydrogens is 639 g/mol. The standard InChI is InChI=1S/C13H12.C12H10S.C12H10.3C2H6.3CH5N.CH4/c1-3-7-12(8-4-1)11-13-9-5-2-6-10-13;1-3-7-11(8-4-1)13-12-9-5-2-6-10-12;1-3-7-11(8-4-1)12-9-5-2-6-10-12;6*1-2;/h1-10H,11H2;1-10H;1-10H;3*1-2H3;3*2H2,1H3;1H4. The molecule has 0 aliphatic carbocycles. The quantitative estimate of drug-likeness (QED) is 0.167. The lowest BCUT2D eigenvalue weighted by atomic mass is 10.1. The molecule has 0 heterocycles. The number of hydrogen-bond acceptors (Lipinski definition) is 4. The van der Waals surface area contributed by atoms with Gasteiger partial charge in [0.15, 0.2) is 0 Å². The monoisotopic (exact) mass is 708 g/mol. The Hall–Kier alpha value is -4.45. The van der Waals surface area contributed by atoms with E-state index in [9.17, 15) is 0 Å². The molecule has 6 aromatic carbocycles. The minimum Gasteiger partial charge on any atom is -0.333 e. The third-order valence-electron chi connectivity index (χ3n) is 5.70. The van der Waals surface area contributed by atoms with Gasteiger partial charge >= 0.3 is 0 Å². The van der Waals surface area contributed by atoms with Crippen molar-refractivity contribution in [1.82, 2.24) is 0 Å². The van der Waals surface area contributed by atoms with E-state index in [1.165, 1.54) is 53.2 Å². The average molecular weight is 708 g/mol. The van der Waals surface area contributed by atoms with Crippen molar-refractivity contribution in [3.8, 4) is 11.1 Å². The van der Waals surface area contributed by atoms with Crippen molar-refractivity contribution in [3.05, 3.63) is 193 Å². The molecular formula is C47H69N3S. The van der Waals surface area contributed by atoms with Gasteiger partial charge in [-0.15, -0.1) is 0 Å². The van der Waals surface area contributed by atoms with Crippen LogP contribution in [0.15, 0.2) is 192 Å². The Morgan fingerprint density at radius 2 is 0.510 bits per heavy atom. The Balaban J connectivity index is -0.000000280. The van der Waals surface area contributed by atoms with Crippen LogP contribution >= 0.6 is 11.8 Å². The molecule has 0 bridgehead atoms. The van der Waals surface area contributed by atoms with Crippen LogP contribution in [0, 0.1) is 0 Å². The molecule has 0 spiro atoms. The normalized spacial score (nSPS) is 8.00. The molecule has 6 rings (SSSR count). The fourth-order valence-corrected chi connectivity index (χ4v) is 4.66. The first kappa shape index (κ1) is 53.3. The van der Waals surface area contributed by atoms with Gasteiger partial charge in [0.1, 0.15) is 0 Å². The van der Waals surface area contributed by atoms with Gasteiger partial charge in [-0.05, 0) is 74.1 Å². The van der Waals surface area contributed by atoms with Gasteiger partial charge in [0.25, 0.3) is 0 Å². The van der Waals surface area contributed by atoms with E-state index in [0.717, 1.165) is 6.42 Å². The zero-order valence-electron chi connectivity index (χ0n) is 32.2. The molecule has 0 aromatic heterocycles. The lowest BCUT2D eigenvalue weighted by Gasteiger charge is -2.00. The third kappa shape index (κ3) is 28.0. The Bertz CT molecular complexity index is 1230. The van der Waals surface area contributed by atoms with E-state index in [1.807, 2.05) is 65.8 Å². The highest BCUT2D eigenvalue weighted by molar-refractivity contribution is 7.99. The summed E-state index contributed by atoms with van der Waals surface area (Å²) >= 11 is 1.79. The summed E-state index contributed by atoms with van der Waals surface area (Å²) in [7, 11) is 4.50. The van der Waals surface area contributed by atoms with Gasteiger partial charge in [-0.25, -0.2) is 0 Å². The molecule has 0 aliphatic heterocycles. The van der Waals surface area contributed by atoms with Gasteiger partial charge in [0.05, 0.1) is 0 Å². The summed E-state index contributed by atoms with van der Waals surface area (Å²) in [6.07, 6.45) is 1.03. The molecule has 0 saturated carbocycles. The zero-order chi connectivity index (χ0) is 38.1. The van der Waals surface area contributed by atoms with Crippen LogP contribution in [0.25, 0.3) is 11.1 Å². The van der Waals surface area contributed by atoms with E-state index in [4.69, 9.17) is 0 Å². The second-order valence-electron chi connectivity index (χ2n) is 8.61. The predicted molar refractivity (Wildman–Crippen MR) is 236 cm³/mol. The summed E-state index contributed by atoms with van der Waals surface area (Å²) in [5.41, 5.74) is 18.8. The maximum atomic E-state index is 4.50. The fourth-order valence-electron chi connectivity index (χ4n) is 3.80. The van der Waals surface area contributed by atoms with Gasteiger partial charge in [0, 0.05) is 9.79 Å². The molecule has 0 saturated heterocycles. The number of nitrogens with two attached hydrogens (primary N) is 3. The van der Waals surface area contributed by atoms with Crippen molar-refractivity contribution < 1.29 is 0 Å². The maximum Gasteiger partial charge on any atom is 0.0122 e. The average Bonchev–Trinajstić information content (AvgIpc) is 3.25. The molecule has 0 unspecified atom stereocenters. The molecule has 3 nitrogen and oxygen atoms in total. The maximum absolute atomic E-state index is 4.50. The molecule has 0 atom stereocenters. The Labute approximate surface area is 318 Å². The summed E-state index contributed by atoms with van der Waals surface area (Å²) in [6, 6.07) is 62.7. The van der Waals surface area contributed by atoms with Crippen molar-refractivity contribution in [3.63, 3.8) is 0 Å². The number of benzene rings is 6. The second kappa shape index (κ2) is 43.6. The minimum atomic E-state index is 0. The largest absolute Gasteiger partial charge is 0.333 e. The molecule has 0 radical (unpaired) electrons. The Kier molecular flexibility index (Phi) is 45.6. The molecule has 0 amide bonds. The summed E-state index contributed by atoms with van der Waals surface area (Å²) in [6.45, 7) is 12.0. The lowest BCUT2D eigenvalue weighted by Crippen LogP contribution is -1.85. The third-order valence-corrected chi connectivity index (χ3v) is 6.71. The first-order valence-electron chi connectivity index (χ1n) is 17.6. The fraction of sp³-hybridized carbons (Fsp3) is 0.234. The number of rotatable bonds is 5. The van der Waals surface area contributed by atoms with Crippen LogP contribution in [0.3, 0.4) is 0 Å². The highest BCUT2D eigenvalue weighted by Crippen LogP contribution is 2.26. The van der Waals surface area contributed by atoms with Crippen LogP contribution in [0.2, 0.25) is 0 Å². The number of hydrogen-bond donors (Lipinski definition) is 3. The van der Waals surface area contributed by atoms with Crippen LogP contribution in [0.5, 0.6) is 0 Å². The van der Waals surface area contributed by atoms with Gasteiger partial charge < -0.3 is 17.2 Å². The Morgan fingerprint density at radius 1 is 0.314 bits per heavy atom. The summed E-state index contributed by atoms with van der Waals surface area (Å²) in [4.78, 5) is 2.57. The minimum absolute atomic E-state index is 0. The molecule has 6 aromatic rings. The topological polar surface area (TPSA) is 78.1 Å². The SMILES string of the molecule is C.CC.CC.CC.CN.CN.CN.c1ccc(-c2ccccc2)cc1.c1ccc(Cc2ccccc2)cc1.c1ccc(Sc2ccccc2)cc1. The van der Waals surface area contributed by atoms with E-state index in [-0.39, 0.29) is 7.43 Å². The van der Waals surface area contributed by atoms with Crippen LogP contribution in [-0.4, -0.2) is 21.1 Å². The molecule has 0 fully saturated rings. The van der Waals surface area contributed by atoms with E-state index in [2.05, 4.69) is 175 Å². The summed E-state index contributed by atoms with van der Waals surface area (Å²) < 4.78 is 0. The lowest BCUT2D eigenvalue weighted by molar-refractivity contribution is 1.19. The second-order valence-corrected chi connectivity index (χ2v) is 9.76. The van der Waals surface area contributed by atoms with E-state index in [0.29, 0.717) is 0 Å². The molecule has 51 heavy (non-hydrogen) atoms. The van der Waals surface area contributed by atoms with Crippen molar-refractivity contribution in [2.24, 2.45) is 17.2 Å². The first-order valence-corrected chi connectivity index (χ1v) is 18.4. The Morgan fingerprint density at radius 3 is 0.745 bits per heavy atom. The molecule has 278 valence electrons. The highest BCUT2D eigenvalue weighted by atomic mass is 32.2. The smallest absolute Gasteiger partial charge is 0.0122 e. The highest BCUT2D eigenvalue weighted by Gasteiger charge is 1.94. The van der Waals surface area contributed by atoms with Crippen molar-refractivity contribution >= 4 is 11.8 Å². The van der Waals surface area contributed by atoms with E-state index >= 15 is 0 Å². The van der Waals surface area contributed by atoms with Crippen molar-refractivity contribution in [2.75, 3.05) is 21.1 Å². The van der Waals surface area contributed by atoms with Crippen LogP contribution in [-0.2, 0) is 6.42 Å². The van der Waals surface area contributed by atoms with Crippen LogP contribution in [0.1, 0.15) is 60.1 Å². The van der Waals surface area contributed by atoms with E-state index < -0.39 is 0 Å². The van der Waals surface area contributed by atoms with Crippen molar-refractivity contribution in [1.29, 1.82) is 0 Å². The van der Waals surface area contributed by atoms with Gasteiger partial charge in [-0.3, -0.25) is 0 Å². The molecule has 6 N–H and O–H groups in total. The molecule has 4 heteroatoms.